The van der Waals surface area contributed by atoms with E-state index < -0.39 is 6.16 Å². The number of methoxy groups -OCH3 is 1. The number of hydrogen-bond donors (Lipinski definition) is 0. The molecule has 2 aromatic rings. The van der Waals surface area contributed by atoms with E-state index in [4.69, 9.17) is 9.47 Å². The maximum Gasteiger partial charge on any atom is 0.513 e. The van der Waals surface area contributed by atoms with E-state index in [2.05, 4.69) is 34.3 Å². The van der Waals surface area contributed by atoms with Gasteiger partial charge in [-0.05, 0) is 71.8 Å². The molecule has 0 spiro atoms. The molecule has 0 aliphatic heterocycles. The van der Waals surface area contributed by atoms with Gasteiger partial charge in [0.2, 0.25) is 0 Å². The van der Waals surface area contributed by atoms with Crippen molar-refractivity contribution in [3.63, 3.8) is 0 Å². The molecule has 0 atom stereocenters. The Hall–Kier alpha value is -1.76. The van der Waals surface area contributed by atoms with E-state index in [1.165, 1.54) is 18.2 Å². The first-order valence-corrected chi connectivity index (χ1v) is 7.82. The Morgan fingerprint density at radius 3 is 2.59 bits per heavy atom. The molecule has 2 rings (SSSR count). The van der Waals surface area contributed by atoms with Crippen LogP contribution in [0.25, 0.3) is 0 Å². The molecule has 0 bridgehead atoms. The summed E-state index contributed by atoms with van der Waals surface area (Å²) >= 11 is 2.19. The Balaban J connectivity index is 2.17. The van der Waals surface area contributed by atoms with Crippen LogP contribution in [0.1, 0.15) is 16.7 Å². The maximum absolute atomic E-state index is 11.3. The second kappa shape index (κ2) is 7.49. The Labute approximate surface area is 143 Å². The molecule has 5 heteroatoms. The van der Waals surface area contributed by atoms with Crippen LogP contribution >= 0.6 is 22.6 Å². The fourth-order valence-electron chi connectivity index (χ4n) is 1.87. The zero-order valence-corrected chi connectivity index (χ0v) is 14.8. The van der Waals surface area contributed by atoms with Crippen LogP contribution < -0.4 is 9.47 Å². The molecule has 0 amide bonds. The number of halogens is 1. The second-order valence-electron chi connectivity index (χ2n) is 4.81. The zero-order valence-electron chi connectivity index (χ0n) is 12.7. The van der Waals surface area contributed by atoms with Crippen LogP contribution in [0.4, 0.5) is 4.79 Å². The lowest BCUT2D eigenvalue weighted by Crippen LogP contribution is -2.10. The molecule has 0 aliphatic rings. The molecule has 0 saturated carbocycles. The Morgan fingerprint density at radius 2 is 1.91 bits per heavy atom. The van der Waals surface area contributed by atoms with E-state index in [9.17, 15) is 4.79 Å². The summed E-state index contributed by atoms with van der Waals surface area (Å²) in [6, 6.07) is 11.4. The molecule has 116 valence electrons. The van der Waals surface area contributed by atoms with Gasteiger partial charge in [0.05, 0.1) is 7.11 Å². The highest BCUT2D eigenvalue weighted by Gasteiger charge is 2.13. The number of ether oxygens (including phenoxy) is 3. The van der Waals surface area contributed by atoms with E-state index in [0.717, 1.165) is 14.9 Å². The molecule has 0 heterocycles. The van der Waals surface area contributed by atoms with Crippen LogP contribution in [0.3, 0.4) is 0 Å². The second-order valence-corrected chi connectivity index (χ2v) is 5.97. The number of carbonyl (C=O) groups excluding carboxylic acids is 1. The molecule has 0 aromatic heterocycles. The molecule has 0 radical (unpaired) electrons. The third-order valence-corrected chi connectivity index (χ3v) is 4.31. The molecule has 4 nitrogen and oxygen atoms in total. The average molecular weight is 412 g/mol. The van der Waals surface area contributed by atoms with Gasteiger partial charge in [-0.15, -0.1) is 0 Å². The first-order valence-electron chi connectivity index (χ1n) is 6.74. The van der Waals surface area contributed by atoms with Gasteiger partial charge in [-0.25, -0.2) is 4.79 Å². The van der Waals surface area contributed by atoms with Gasteiger partial charge in [-0.3, -0.25) is 0 Å². The predicted octanol–water partition coefficient (Wildman–Crippen LogP) is 4.63. The smallest absolute Gasteiger partial charge is 0.489 e. The quantitative estimate of drug-likeness (QED) is 0.417. The summed E-state index contributed by atoms with van der Waals surface area (Å²) in [7, 11) is 1.28. The van der Waals surface area contributed by atoms with Crippen molar-refractivity contribution in [2.24, 2.45) is 0 Å². The van der Waals surface area contributed by atoms with Crippen molar-refractivity contribution in [1.29, 1.82) is 0 Å². The fraction of sp³-hybridized carbons (Fsp3) is 0.235. The lowest BCUT2D eigenvalue weighted by Gasteiger charge is -2.13. The van der Waals surface area contributed by atoms with Crippen molar-refractivity contribution in [3.8, 4) is 11.5 Å². The van der Waals surface area contributed by atoms with Gasteiger partial charge in [0, 0.05) is 9.13 Å². The monoisotopic (exact) mass is 412 g/mol. The first-order chi connectivity index (χ1) is 10.5. The average Bonchev–Trinajstić information content (AvgIpc) is 2.50. The Morgan fingerprint density at radius 1 is 1.14 bits per heavy atom. The number of carbonyl (C=O) groups is 1. The number of rotatable bonds is 4. The molecular formula is C17H17IO4. The molecule has 0 saturated heterocycles. The normalized spacial score (nSPS) is 10.2. The highest BCUT2D eigenvalue weighted by Crippen LogP contribution is 2.26. The molecular weight excluding hydrogens is 395 g/mol. The summed E-state index contributed by atoms with van der Waals surface area (Å²) in [6.07, 6.45) is -0.741. The van der Waals surface area contributed by atoms with Gasteiger partial charge >= 0.3 is 6.16 Å². The maximum atomic E-state index is 11.3. The highest BCUT2D eigenvalue weighted by atomic mass is 127. The van der Waals surface area contributed by atoms with Gasteiger partial charge in [0.15, 0.2) is 0 Å². The minimum absolute atomic E-state index is 0.313. The van der Waals surface area contributed by atoms with Crippen LogP contribution in [0.2, 0.25) is 0 Å². The van der Waals surface area contributed by atoms with Crippen molar-refractivity contribution in [3.05, 3.63) is 56.7 Å². The standard InChI is InChI=1S/C17H17IO4/c1-11-7-8-13(9-12(11)2)21-10-14-15(18)5-4-6-16(14)22-17(19)20-3/h4-9H,10H2,1-3H3. The van der Waals surface area contributed by atoms with Gasteiger partial charge in [0.1, 0.15) is 18.1 Å². The van der Waals surface area contributed by atoms with Crippen LogP contribution in [0, 0.1) is 17.4 Å². The van der Waals surface area contributed by atoms with Gasteiger partial charge in [-0.2, -0.15) is 0 Å². The summed E-state index contributed by atoms with van der Waals surface area (Å²) in [6.45, 7) is 4.41. The van der Waals surface area contributed by atoms with Crippen LogP contribution in [0.15, 0.2) is 36.4 Å². The van der Waals surface area contributed by atoms with Crippen molar-refractivity contribution in [1.82, 2.24) is 0 Å². The van der Waals surface area contributed by atoms with Crippen LogP contribution in [-0.2, 0) is 11.3 Å². The first kappa shape index (κ1) is 16.6. The highest BCUT2D eigenvalue weighted by molar-refractivity contribution is 14.1. The molecule has 22 heavy (non-hydrogen) atoms. The van der Waals surface area contributed by atoms with E-state index in [0.29, 0.717) is 12.4 Å². The van der Waals surface area contributed by atoms with Gasteiger partial charge in [-0.1, -0.05) is 12.1 Å². The summed E-state index contributed by atoms with van der Waals surface area (Å²) in [5.41, 5.74) is 3.20. The summed E-state index contributed by atoms with van der Waals surface area (Å²) in [5.74, 6) is 1.23. The van der Waals surface area contributed by atoms with Crippen LogP contribution in [0.5, 0.6) is 11.5 Å². The van der Waals surface area contributed by atoms with Crippen molar-refractivity contribution in [2.75, 3.05) is 7.11 Å². The number of benzene rings is 2. The summed E-state index contributed by atoms with van der Waals surface area (Å²) in [5, 5.41) is 0. The zero-order chi connectivity index (χ0) is 16.1. The fourth-order valence-corrected chi connectivity index (χ4v) is 2.49. The lowest BCUT2D eigenvalue weighted by molar-refractivity contribution is 0.120. The van der Waals surface area contributed by atoms with Crippen LogP contribution in [-0.4, -0.2) is 13.3 Å². The third kappa shape index (κ3) is 4.13. The minimum atomic E-state index is -0.741. The number of hydrogen-bond acceptors (Lipinski definition) is 4. The van der Waals surface area contributed by atoms with E-state index in [1.807, 2.05) is 37.3 Å². The SMILES string of the molecule is COC(=O)Oc1cccc(I)c1COc1ccc(C)c(C)c1. The Kier molecular flexibility index (Phi) is 5.65. The molecule has 2 aromatic carbocycles. The molecule has 0 unspecified atom stereocenters. The summed E-state index contributed by atoms with van der Waals surface area (Å²) in [4.78, 5) is 11.3. The molecule has 0 N–H and O–H groups in total. The lowest BCUT2D eigenvalue weighted by atomic mass is 10.1. The van der Waals surface area contributed by atoms with Gasteiger partial charge in [0.25, 0.3) is 0 Å². The van der Waals surface area contributed by atoms with E-state index in [1.54, 1.807) is 6.07 Å². The largest absolute Gasteiger partial charge is 0.513 e. The molecule has 0 aliphatic carbocycles. The number of aryl methyl sites for hydroxylation is 2. The van der Waals surface area contributed by atoms with Gasteiger partial charge < -0.3 is 14.2 Å². The van der Waals surface area contributed by atoms with Crippen molar-refractivity contribution >= 4 is 28.7 Å². The van der Waals surface area contributed by atoms with Crippen molar-refractivity contribution in [2.45, 2.75) is 20.5 Å². The molecule has 0 fully saturated rings. The van der Waals surface area contributed by atoms with Crippen molar-refractivity contribution < 1.29 is 19.0 Å². The predicted molar refractivity (Wildman–Crippen MR) is 92.4 cm³/mol. The minimum Gasteiger partial charge on any atom is -0.489 e. The Bertz CT molecular complexity index is 682. The topological polar surface area (TPSA) is 44.8 Å². The third-order valence-electron chi connectivity index (χ3n) is 3.30. The van der Waals surface area contributed by atoms with E-state index >= 15 is 0 Å². The van der Waals surface area contributed by atoms with E-state index in [-0.39, 0.29) is 0 Å². The summed E-state index contributed by atoms with van der Waals surface area (Å²) < 4.78 is 16.5.